The molecule has 4 nitrogen and oxygen atoms in total. The second kappa shape index (κ2) is 3.24. The monoisotopic (exact) mass is 203 g/mol. The topological polar surface area (TPSA) is 57.6 Å². The van der Waals surface area contributed by atoms with Crippen LogP contribution in [-0.4, -0.2) is 28.9 Å². The summed E-state index contributed by atoms with van der Waals surface area (Å²) in [5.74, 6) is -1.60. The minimum Gasteiger partial charge on any atom is -0.502 e. The predicted molar refractivity (Wildman–Crippen MR) is 53.8 cm³/mol. The van der Waals surface area contributed by atoms with Crippen LogP contribution in [0, 0.1) is 0 Å². The van der Waals surface area contributed by atoms with Crippen LogP contribution in [0.15, 0.2) is 36.1 Å². The molecule has 2 rings (SSSR count). The molecule has 1 aliphatic heterocycles. The van der Waals surface area contributed by atoms with E-state index in [0.717, 1.165) is 4.90 Å². The van der Waals surface area contributed by atoms with Gasteiger partial charge in [-0.1, -0.05) is 30.3 Å². The van der Waals surface area contributed by atoms with Gasteiger partial charge in [0.25, 0.3) is 11.8 Å². The molecular weight excluding hydrogens is 194 g/mol. The van der Waals surface area contributed by atoms with E-state index in [0.29, 0.717) is 5.56 Å². The van der Waals surface area contributed by atoms with Crippen molar-refractivity contribution >= 4 is 17.4 Å². The van der Waals surface area contributed by atoms with E-state index in [1.165, 1.54) is 7.05 Å². The fraction of sp³-hybridized carbons (Fsp3) is 0.0909. The molecule has 0 radical (unpaired) electrons. The molecule has 0 fully saturated rings. The van der Waals surface area contributed by atoms with Gasteiger partial charge in [-0.05, 0) is 5.56 Å². The second-order valence-corrected chi connectivity index (χ2v) is 3.26. The first-order valence-corrected chi connectivity index (χ1v) is 4.44. The number of benzene rings is 1. The van der Waals surface area contributed by atoms with Crippen molar-refractivity contribution in [1.29, 1.82) is 0 Å². The first-order chi connectivity index (χ1) is 7.13. The van der Waals surface area contributed by atoms with Gasteiger partial charge in [0.2, 0.25) is 0 Å². The molecule has 0 saturated carbocycles. The molecule has 1 aromatic carbocycles. The van der Waals surface area contributed by atoms with E-state index in [4.69, 9.17) is 0 Å². The van der Waals surface area contributed by atoms with E-state index < -0.39 is 17.6 Å². The molecule has 1 heterocycles. The average molecular weight is 203 g/mol. The van der Waals surface area contributed by atoms with Gasteiger partial charge in [-0.25, -0.2) is 0 Å². The maximum atomic E-state index is 11.6. The highest BCUT2D eigenvalue weighted by molar-refractivity contribution is 6.34. The zero-order valence-electron chi connectivity index (χ0n) is 8.10. The van der Waals surface area contributed by atoms with Gasteiger partial charge in [-0.3, -0.25) is 14.5 Å². The number of aliphatic hydroxyl groups excluding tert-OH is 1. The molecular formula is C11H9NO3. The normalized spacial score (nSPS) is 16.5. The molecule has 1 N–H and O–H groups in total. The minimum atomic E-state index is -0.654. The van der Waals surface area contributed by atoms with Crippen LogP contribution in [0.5, 0.6) is 0 Å². The Morgan fingerprint density at radius 2 is 1.67 bits per heavy atom. The molecule has 0 spiro atoms. The summed E-state index contributed by atoms with van der Waals surface area (Å²) in [6, 6.07) is 8.63. The molecule has 76 valence electrons. The molecule has 1 aromatic rings. The lowest BCUT2D eigenvalue weighted by Gasteiger charge is -2.05. The third-order valence-electron chi connectivity index (χ3n) is 2.32. The van der Waals surface area contributed by atoms with E-state index in [1.807, 2.05) is 0 Å². The molecule has 4 heteroatoms. The Hall–Kier alpha value is -2.10. The standard InChI is InChI=1S/C11H9NO3/c1-12-10(14)8(9(13)11(12)15)7-5-3-2-4-6-7/h2-6,13H,1H3. The molecule has 1 aliphatic rings. The number of amides is 2. The third kappa shape index (κ3) is 1.30. The van der Waals surface area contributed by atoms with E-state index in [-0.39, 0.29) is 5.57 Å². The first-order valence-electron chi connectivity index (χ1n) is 4.44. The number of hydrogen-bond donors (Lipinski definition) is 1. The molecule has 0 unspecified atom stereocenters. The number of carbonyl (C=O) groups is 2. The van der Waals surface area contributed by atoms with E-state index in [1.54, 1.807) is 30.3 Å². The van der Waals surface area contributed by atoms with Crippen molar-refractivity contribution in [3.63, 3.8) is 0 Å². The van der Waals surface area contributed by atoms with Gasteiger partial charge in [0, 0.05) is 7.05 Å². The highest BCUT2D eigenvalue weighted by Gasteiger charge is 2.36. The Morgan fingerprint density at radius 3 is 2.13 bits per heavy atom. The molecule has 0 saturated heterocycles. The fourth-order valence-corrected chi connectivity index (χ4v) is 1.49. The van der Waals surface area contributed by atoms with Crippen LogP contribution < -0.4 is 0 Å². The summed E-state index contributed by atoms with van der Waals surface area (Å²) in [5, 5.41) is 9.52. The minimum absolute atomic E-state index is 0.0723. The molecule has 0 aliphatic carbocycles. The van der Waals surface area contributed by atoms with Crippen LogP contribution >= 0.6 is 0 Å². The molecule has 15 heavy (non-hydrogen) atoms. The van der Waals surface area contributed by atoms with Gasteiger partial charge in [-0.15, -0.1) is 0 Å². The van der Waals surface area contributed by atoms with Gasteiger partial charge < -0.3 is 5.11 Å². The van der Waals surface area contributed by atoms with Crippen LogP contribution in [0.4, 0.5) is 0 Å². The van der Waals surface area contributed by atoms with Crippen molar-refractivity contribution < 1.29 is 14.7 Å². The Balaban J connectivity index is 2.55. The van der Waals surface area contributed by atoms with Gasteiger partial charge in [0.1, 0.15) is 0 Å². The van der Waals surface area contributed by atoms with Crippen molar-refractivity contribution in [3.05, 3.63) is 41.7 Å². The maximum absolute atomic E-state index is 11.6. The van der Waals surface area contributed by atoms with Gasteiger partial charge >= 0.3 is 0 Å². The smallest absolute Gasteiger partial charge is 0.296 e. The van der Waals surface area contributed by atoms with Crippen LogP contribution in [-0.2, 0) is 9.59 Å². The highest BCUT2D eigenvalue weighted by Crippen LogP contribution is 2.26. The SMILES string of the molecule is CN1C(=O)C(O)=C(c2ccccc2)C1=O. The highest BCUT2D eigenvalue weighted by atomic mass is 16.3. The van der Waals surface area contributed by atoms with Crippen LogP contribution in [0.25, 0.3) is 5.57 Å². The first kappa shape index (κ1) is 9.45. The fourth-order valence-electron chi connectivity index (χ4n) is 1.49. The lowest BCUT2D eigenvalue weighted by Crippen LogP contribution is -2.26. The van der Waals surface area contributed by atoms with Crippen LogP contribution in [0.2, 0.25) is 0 Å². The summed E-state index contributed by atoms with van der Waals surface area (Å²) in [4.78, 5) is 23.8. The lowest BCUT2D eigenvalue weighted by atomic mass is 10.1. The largest absolute Gasteiger partial charge is 0.502 e. The summed E-state index contributed by atoms with van der Waals surface area (Å²) in [7, 11) is 1.34. The van der Waals surface area contributed by atoms with Crippen LogP contribution in [0.1, 0.15) is 5.56 Å². The van der Waals surface area contributed by atoms with Gasteiger partial charge in [0.15, 0.2) is 5.76 Å². The molecule has 0 atom stereocenters. The van der Waals surface area contributed by atoms with Gasteiger partial charge in [-0.2, -0.15) is 0 Å². The predicted octanol–water partition coefficient (Wildman–Crippen LogP) is 0.954. The van der Waals surface area contributed by atoms with Crippen LogP contribution in [0.3, 0.4) is 0 Å². The van der Waals surface area contributed by atoms with Crippen molar-refractivity contribution in [1.82, 2.24) is 4.90 Å². The molecule has 0 bridgehead atoms. The number of rotatable bonds is 1. The summed E-state index contributed by atoms with van der Waals surface area (Å²) in [6.07, 6.45) is 0. The Bertz CT molecular complexity index is 462. The number of imide groups is 1. The third-order valence-corrected chi connectivity index (χ3v) is 2.32. The number of nitrogens with zero attached hydrogens (tertiary/aromatic N) is 1. The summed E-state index contributed by atoms with van der Waals surface area (Å²) in [6.45, 7) is 0. The molecule has 0 aromatic heterocycles. The Morgan fingerprint density at radius 1 is 1.07 bits per heavy atom. The number of hydrogen-bond acceptors (Lipinski definition) is 3. The Labute approximate surface area is 86.4 Å². The quantitative estimate of drug-likeness (QED) is 0.691. The maximum Gasteiger partial charge on any atom is 0.296 e. The van der Waals surface area contributed by atoms with E-state index in [9.17, 15) is 14.7 Å². The second-order valence-electron chi connectivity index (χ2n) is 3.26. The van der Waals surface area contributed by atoms with Gasteiger partial charge in [0.05, 0.1) is 5.57 Å². The zero-order valence-corrected chi connectivity index (χ0v) is 8.10. The zero-order chi connectivity index (χ0) is 11.0. The van der Waals surface area contributed by atoms with Crippen molar-refractivity contribution in [3.8, 4) is 0 Å². The van der Waals surface area contributed by atoms with Crippen molar-refractivity contribution in [2.75, 3.05) is 7.05 Å². The van der Waals surface area contributed by atoms with Crippen molar-refractivity contribution in [2.24, 2.45) is 0 Å². The summed E-state index contributed by atoms with van der Waals surface area (Å²) < 4.78 is 0. The average Bonchev–Trinajstić information content (AvgIpc) is 2.45. The summed E-state index contributed by atoms with van der Waals surface area (Å²) in [5.41, 5.74) is 0.626. The number of aliphatic hydroxyl groups is 1. The number of likely N-dealkylation sites (N-methyl/N-ethyl adjacent to an activating group) is 1. The van der Waals surface area contributed by atoms with E-state index in [2.05, 4.69) is 0 Å². The number of carbonyl (C=O) groups excluding carboxylic acids is 2. The summed E-state index contributed by atoms with van der Waals surface area (Å²) >= 11 is 0. The van der Waals surface area contributed by atoms with Crippen molar-refractivity contribution in [2.45, 2.75) is 0 Å². The lowest BCUT2D eigenvalue weighted by molar-refractivity contribution is -0.136. The van der Waals surface area contributed by atoms with E-state index >= 15 is 0 Å². The molecule has 2 amide bonds. The Kier molecular flexibility index (Phi) is 2.04.